The van der Waals surface area contributed by atoms with Crippen LogP contribution in [0.4, 0.5) is 0 Å². The van der Waals surface area contributed by atoms with E-state index >= 15 is 0 Å². The van der Waals surface area contributed by atoms with Crippen LogP contribution in [-0.2, 0) is 44.8 Å². The SMILES string of the molecule is Cc1cc([PH+](c2ccccc2)c2ccccc2)c([PH+](c2ccccc2)c2ccccc2)cc1C.[Ag+].[Ag+].[C-]#Cc1cc2ccccc2c2ccccc12.[C-]#Cc1cc2ccccc2c2ccccc12. The molecule has 11 rings (SSSR count). The van der Waals surface area contributed by atoms with Crippen molar-refractivity contribution in [1.82, 2.24) is 0 Å². The van der Waals surface area contributed by atoms with Crippen molar-refractivity contribution in [2.75, 3.05) is 0 Å². The Morgan fingerprint density at radius 3 is 0.838 bits per heavy atom. The fraction of sp³-hybridized carbons (Fsp3) is 0.0312. The maximum atomic E-state index is 7.35. The third kappa shape index (κ3) is 10.9. The quantitative estimate of drug-likeness (QED) is 0.0512. The van der Waals surface area contributed by atoms with Gasteiger partial charge in [0.15, 0.2) is 0 Å². The molecule has 0 fully saturated rings. The fourth-order valence-electron chi connectivity index (χ4n) is 8.92. The Morgan fingerprint density at radius 2 is 0.544 bits per heavy atom. The van der Waals surface area contributed by atoms with Crippen molar-refractivity contribution in [3.05, 3.63) is 278 Å². The monoisotopic (exact) mass is 1090 g/mol. The molecule has 0 saturated carbocycles. The Balaban J connectivity index is 0.000000167. The molecule has 0 bridgehead atoms. The molecule has 0 aliphatic rings. The Labute approximate surface area is 435 Å². The fourth-order valence-corrected chi connectivity index (χ4v) is 15.1. The van der Waals surface area contributed by atoms with Crippen LogP contribution >= 0.6 is 15.8 Å². The van der Waals surface area contributed by atoms with Gasteiger partial charge in [-0.1, -0.05) is 181 Å². The van der Waals surface area contributed by atoms with Gasteiger partial charge in [0.05, 0.1) is 0 Å². The summed E-state index contributed by atoms with van der Waals surface area (Å²) in [6.07, 6.45) is 14.7. The summed E-state index contributed by atoms with van der Waals surface area (Å²) in [5.74, 6) is 5.02. The van der Waals surface area contributed by atoms with Gasteiger partial charge in [0.25, 0.3) is 0 Å². The van der Waals surface area contributed by atoms with Gasteiger partial charge in [-0.25, -0.2) is 0 Å². The molecule has 0 nitrogen and oxygen atoms in total. The van der Waals surface area contributed by atoms with Gasteiger partial charge in [0.1, 0.15) is 47.7 Å². The minimum Gasteiger partial charge on any atom is -0.366 e. The first kappa shape index (κ1) is 49.8. The zero-order valence-electron chi connectivity index (χ0n) is 37.7. The predicted molar refractivity (Wildman–Crippen MR) is 291 cm³/mol. The largest absolute Gasteiger partial charge is 1.00 e. The summed E-state index contributed by atoms with van der Waals surface area (Å²) < 4.78 is 0. The Bertz CT molecular complexity index is 3210. The van der Waals surface area contributed by atoms with Crippen molar-refractivity contribution in [2.24, 2.45) is 0 Å². The Morgan fingerprint density at radius 1 is 0.294 bits per heavy atom. The summed E-state index contributed by atoms with van der Waals surface area (Å²) in [5, 5.41) is 18.1. The molecule has 4 heteroatoms. The zero-order chi connectivity index (χ0) is 45.2. The van der Waals surface area contributed by atoms with Crippen molar-refractivity contribution in [3.63, 3.8) is 0 Å². The second-order valence-corrected chi connectivity index (χ2v) is 21.2. The van der Waals surface area contributed by atoms with E-state index in [2.05, 4.69) is 196 Å². The van der Waals surface area contributed by atoms with Gasteiger partial charge in [-0.15, -0.1) is 23.3 Å². The molecule has 0 amide bonds. The van der Waals surface area contributed by atoms with Gasteiger partial charge < -0.3 is 12.8 Å². The third-order valence-electron chi connectivity index (χ3n) is 12.2. The second kappa shape index (κ2) is 23.8. The van der Waals surface area contributed by atoms with Gasteiger partial charge in [0.2, 0.25) is 0 Å². The van der Waals surface area contributed by atoms with Crippen LogP contribution in [0.2, 0.25) is 0 Å². The number of fused-ring (bicyclic) bond motifs is 6. The summed E-state index contributed by atoms with van der Waals surface area (Å²) in [7, 11) is -2.36. The van der Waals surface area contributed by atoms with Crippen molar-refractivity contribution >= 4 is 90.8 Å². The van der Waals surface area contributed by atoms with E-state index in [0.717, 1.165) is 32.7 Å². The predicted octanol–water partition coefficient (Wildman–Crippen LogP) is 13.1. The van der Waals surface area contributed by atoms with Crippen LogP contribution < -0.4 is 31.8 Å². The van der Waals surface area contributed by atoms with Crippen LogP contribution in [0.15, 0.2) is 243 Å². The molecule has 334 valence electrons. The maximum absolute atomic E-state index is 7.35. The van der Waals surface area contributed by atoms with E-state index in [4.69, 9.17) is 12.8 Å². The summed E-state index contributed by atoms with van der Waals surface area (Å²) in [4.78, 5) is 0. The minimum atomic E-state index is -1.18. The first-order valence-corrected chi connectivity index (χ1v) is 25.3. The van der Waals surface area contributed by atoms with Crippen molar-refractivity contribution < 1.29 is 44.8 Å². The van der Waals surface area contributed by atoms with E-state index < -0.39 is 15.8 Å². The molecule has 0 aromatic heterocycles. The normalized spacial score (nSPS) is 10.5. The number of benzene rings is 11. The molecule has 68 heavy (non-hydrogen) atoms. The smallest absolute Gasteiger partial charge is 0.366 e. The van der Waals surface area contributed by atoms with E-state index in [0.29, 0.717) is 0 Å². The van der Waals surface area contributed by atoms with Gasteiger partial charge in [0, 0.05) is 0 Å². The zero-order valence-corrected chi connectivity index (χ0v) is 42.7. The summed E-state index contributed by atoms with van der Waals surface area (Å²) in [6.45, 7) is 4.52. The van der Waals surface area contributed by atoms with Crippen LogP contribution in [0, 0.1) is 38.5 Å². The Hall–Kier alpha value is -6.08. The van der Waals surface area contributed by atoms with Crippen LogP contribution in [-0.4, -0.2) is 0 Å². The first-order valence-electron chi connectivity index (χ1n) is 22.3. The van der Waals surface area contributed by atoms with E-state index in [1.54, 1.807) is 0 Å². The molecule has 0 spiro atoms. The first-order chi connectivity index (χ1) is 32.5. The van der Waals surface area contributed by atoms with Crippen LogP contribution in [0.25, 0.3) is 43.1 Å². The molecular weight excluding hydrogens is 1050 g/mol. The average Bonchev–Trinajstić information content (AvgIpc) is 3.39. The summed E-state index contributed by atoms with van der Waals surface area (Å²) in [5.41, 5.74) is 4.45. The third-order valence-corrected chi connectivity index (χ3v) is 18.0. The number of hydrogen-bond acceptors (Lipinski definition) is 0. The summed E-state index contributed by atoms with van der Waals surface area (Å²) >= 11 is 0. The molecule has 0 aliphatic heterocycles. The molecule has 11 aromatic rings. The van der Waals surface area contributed by atoms with E-state index in [9.17, 15) is 0 Å². The standard InChI is InChI=1S/C32H28P2.2C16H9.2Ag/c1-25-23-31(33(27-15-7-3-8-16-27)28-17-9-4-10-18-28)32(24-26(25)2)34(29-19-11-5-12-20-29)30-21-13-6-14-22-30;2*1-2-12-11-13-7-3-4-9-15(13)16-10-6-5-8-14(12)16;;/h3-24H,1-2H3;2*3-11H;;/q;2*-1;2*+1/p+2. The van der Waals surface area contributed by atoms with Crippen LogP contribution in [0.5, 0.6) is 0 Å². The molecule has 0 N–H and O–H groups in total. The second-order valence-electron chi connectivity index (χ2n) is 16.3. The molecule has 0 unspecified atom stereocenters. The number of hydrogen-bond donors (Lipinski definition) is 0. The topological polar surface area (TPSA) is 0 Å². The molecule has 0 atom stereocenters. The Kier molecular flexibility index (Phi) is 17.4. The molecule has 11 aromatic carbocycles. The molecule has 0 saturated heterocycles. The van der Waals surface area contributed by atoms with Gasteiger partial charge >= 0.3 is 44.8 Å². The van der Waals surface area contributed by atoms with Crippen molar-refractivity contribution in [2.45, 2.75) is 13.8 Å². The van der Waals surface area contributed by atoms with Crippen LogP contribution in [0.3, 0.4) is 0 Å². The van der Waals surface area contributed by atoms with Crippen LogP contribution in [0.1, 0.15) is 22.3 Å². The minimum absolute atomic E-state index is 0. The molecule has 0 radical (unpaired) electrons. The van der Waals surface area contributed by atoms with E-state index in [1.165, 1.54) is 64.5 Å². The maximum Gasteiger partial charge on any atom is 1.00 e. The summed E-state index contributed by atoms with van der Waals surface area (Å²) in [6, 6.07) is 86.4. The van der Waals surface area contributed by atoms with Crippen molar-refractivity contribution in [1.29, 1.82) is 0 Å². The number of aryl methyl sites for hydroxylation is 2. The van der Waals surface area contributed by atoms with Gasteiger partial charge in [-0.05, 0) is 118 Å². The van der Waals surface area contributed by atoms with E-state index in [-0.39, 0.29) is 44.8 Å². The molecule has 0 heterocycles. The molecular formula is C64H48Ag2P2+2. The molecule has 0 aliphatic carbocycles. The number of rotatable bonds is 6. The van der Waals surface area contributed by atoms with Gasteiger partial charge in [-0.3, -0.25) is 11.8 Å². The van der Waals surface area contributed by atoms with E-state index in [1.807, 2.05) is 72.8 Å². The van der Waals surface area contributed by atoms with Gasteiger partial charge in [-0.2, -0.15) is 0 Å². The van der Waals surface area contributed by atoms with Crippen molar-refractivity contribution in [3.8, 4) is 11.8 Å². The average molecular weight is 1090 g/mol.